The first kappa shape index (κ1) is 21.4. The van der Waals surface area contributed by atoms with Crippen molar-refractivity contribution in [3.8, 4) is 0 Å². The van der Waals surface area contributed by atoms with Crippen molar-refractivity contribution >= 4 is 5.97 Å². The van der Waals surface area contributed by atoms with E-state index in [9.17, 15) is 15.0 Å². The van der Waals surface area contributed by atoms with Crippen molar-refractivity contribution in [1.82, 2.24) is 0 Å². The van der Waals surface area contributed by atoms with Gasteiger partial charge in [0.05, 0.1) is 12.7 Å². The Morgan fingerprint density at radius 2 is 1.68 bits per heavy atom. The predicted molar refractivity (Wildman–Crippen MR) is 101 cm³/mol. The van der Waals surface area contributed by atoms with E-state index in [0.717, 1.165) is 24.0 Å². The van der Waals surface area contributed by atoms with E-state index in [1.165, 1.54) is 13.2 Å². The maximum atomic E-state index is 11.2. The highest BCUT2D eigenvalue weighted by atomic mass is 16.5. The van der Waals surface area contributed by atoms with Gasteiger partial charge >= 0.3 is 5.97 Å². The molecular formula is C21H32O4. The van der Waals surface area contributed by atoms with Crippen molar-refractivity contribution in [1.29, 1.82) is 0 Å². The number of hydrogen-bond acceptors (Lipinski definition) is 4. The van der Waals surface area contributed by atoms with Crippen molar-refractivity contribution in [3.05, 3.63) is 47.6 Å². The molecule has 4 heteroatoms. The Morgan fingerprint density at radius 3 is 2.24 bits per heavy atom. The first-order valence-corrected chi connectivity index (χ1v) is 8.70. The second-order valence-corrected chi connectivity index (χ2v) is 7.79. The maximum absolute atomic E-state index is 11.2. The van der Waals surface area contributed by atoms with Gasteiger partial charge in [0, 0.05) is 6.08 Å². The number of rotatable bonds is 5. The number of methoxy groups -OCH3 is 1. The van der Waals surface area contributed by atoms with Crippen molar-refractivity contribution in [2.75, 3.05) is 7.11 Å². The number of esters is 1. The van der Waals surface area contributed by atoms with E-state index < -0.39 is 16.6 Å². The summed E-state index contributed by atoms with van der Waals surface area (Å²) in [5, 5.41) is 21.9. The lowest BCUT2D eigenvalue weighted by Gasteiger charge is -2.53. The van der Waals surface area contributed by atoms with Crippen LogP contribution >= 0.6 is 0 Å². The second kappa shape index (κ2) is 8.15. The molecule has 0 aromatic rings. The minimum absolute atomic E-state index is 0.383. The quantitative estimate of drug-likeness (QED) is 0.450. The number of carbonyl (C=O) groups is 1. The molecule has 0 radical (unpaired) electrons. The van der Waals surface area contributed by atoms with Crippen LogP contribution in [0.4, 0.5) is 0 Å². The van der Waals surface area contributed by atoms with Gasteiger partial charge in [0.1, 0.15) is 5.60 Å². The van der Waals surface area contributed by atoms with Crippen molar-refractivity contribution in [2.24, 2.45) is 5.41 Å². The van der Waals surface area contributed by atoms with Crippen LogP contribution in [0.15, 0.2) is 47.6 Å². The van der Waals surface area contributed by atoms with E-state index in [4.69, 9.17) is 0 Å². The van der Waals surface area contributed by atoms with Crippen LogP contribution < -0.4 is 0 Å². The predicted octanol–water partition coefficient (Wildman–Crippen LogP) is 3.86. The van der Waals surface area contributed by atoms with Crippen molar-refractivity contribution in [2.45, 2.75) is 65.1 Å². The molecule has 0 bridgehead atoms. The smallest absolute Gasteiger partial charge is 0.330 e. The molecule has 1 saturated carbocycles. The molecule has 0 aliphatic heterocycles. The van der Waals surface area contributed by atoms with Gasteiger partial charge in [-0.05, 0) is 57.1 Å². The molecule has 1 fully saturated rings. The number of carbonyl (C=O) groups excluding carboxylic acids is 1. The van der Waals surface area contributed by atoms with Crippen molar-refractivity contribution in [3.63, 3.8) is 0 Å². The van der Waals surface area contributed by atoms with Crippen LogP contribution in [0, 0.1) is 5.41 Å². The van der Waals surface area contributed by atoms with Gasteiger partial charge in [-0.3, -0.25) is 0 Å². The van der Waals surface area contributed by atoms with Crippen LogP contribution in [0.1, 0.15) is 53.9 Å². The third-order valence-corrected chi connectivity index (χ3v) is 5.17. The average molecular weight is 348 g/mol. The van der Waals surface area contributed by atoms with Crippen LogP contribution in [0.2, 0.25) is 0 Å². The summed E-state index contributed by atoms with van der Waals surface area (Å²) in [4.78, 5) is 11.1. The Morgan fingerprint density at radius 1 is 1.04 bits per heavy atom. The molecule has 0 unspecified atom stereocenters. The van der Waals surface area contributed by atoms with Crippen LogP contribution in [-0.4, -0.2) is 34.5 Å². The van der Waals surface area contributed by atoms with Crippen molar-refractivity contribution < 1.29 is 19.7 Å². The molecule has 0 aromatic carbocycles. The molecule has 0 aromatic heterocycles. The van der Waals surface area contributed by atoms with Gasteiger partial charge in [-0.1, -0.05) is 43.7 Å². The zero-order valence-electron chi connectivity index (χ0n) is 16.3. The van der Waals surface area contributed by atoms with Gasteiger partial charge < -0.3 is 14.9 Å². The lowest BCUT2D eigenvalue weighted by molar-refractivity contribution is -0.194. The zero-order chi connectivity index (χ0) is 19.3. The van der Waals surface area contributed by atoms with Gasteiger partial charge in [-0.2, -0.15) is 0 Å². The minimum Gasteiger partial charge on any atom is -0.466 e. The molecule has 0 saturated heterocycles. The fraction of sp³-hybridized carbons (Fsp3) is 0.571. The molecule has 1 aliphatic carbocycles. The Hall–Kier alpha value is -1.65. The molecule has 0 amide bonds. The third-order valence-electron chi connectivity index (χ3n) is 5.17. The van der Waals surface area contributed by atoms with E-state index in [1.807, 2.05) is 52.0 Å². The van der Waals surface area contributed by atoms with Crippen LogP contribution in [0.25, 0.3) is 0 Å². The average Bonchev–Trinajstić information content (AvgIpc) is 2.50. The summed E-state index contributed by atoms with van der Waals surface area (Å²) in [6.07, 6.45) is 12.9. The molecule has 2 N–H and O–H groups in total. The number of ether oxygens (including phenoxy) is 1. The molecule has 0 heterocycles. The molecule has 0 spiro atoms. The fourth-order valence-electron chi connectivity index (χ4n) is 3.34. The molecule has 1 aliphatic rings. The number of hydrogen-bond donors (Lipinski definition) is 2. The molecule has 25 heavy (non-hydrogen) atoms. The summed E-state index contributed by atoms with van der Waals surface area (Å²) in [5.41, 5.74) is -1.11. The summed E-state index contributed by atoms with van der Waals surface area (Å²) in [6.45, 7) is 9.43. The largest absolute Gasteiger partial charge is 0.466 e. The normalized spacial score (nSPS) is 30.9. The van der Waals surface area contributed by atoms with E-state index in [1.54, 1.807) is 13.0 Å². The summed E-state index contributed by atoms with van der Waals surface area (Å²) in [6, 6.07) is 0. The van der Waals surface area contributed by atoms with Crippen LogP contribution in [-0.2, 0) is 9.53 Å². The standard InChI is InChI=1S/C21H32O4/c1-16(9-7-10-17(2)15-18(22)25-6)11-14-21(24)19(3,4)12-8-13-20(21,5)23/h7,9-11,14-15,23-24H,8,12-13H2,1-6H3/b10-7+,14-11+,16-9+,17-15+/t20-,21+/m1/s1. The SMILES string of the molecule is COC(=O)/C=C(C)/C=C/C=C(C)/C=C/[C@]1(O)C(C)(C)CCC[C@@]1(C)O. The molecular weight excluding hydrogens is 316 g/mol. The van der Waals surface area contributed by atoms with E-state index in [0.29, 0.717) is 6.42 Å². The first-order chi connectivity index (χ1) is 11.4. The van der Waals surface area contributed by atoms with Gasteiger partial charge in [0.25, 0.3) is 0 Å². The lowest BCUT2D eigenvalue weighted by atomic mass is 9.58. The highest BCUT2D eigenvalue weighted by molar-refractivity contribution is 5.83. The number of aliphatic hydroxyl groups is 2. The zero-order valence-corrected chi connectivity index (χ0v) is 16.3. The van der Waals surface area contributed by atoms with Crippen LogP contribution in [0.5, 0.6) is 0 Å². The number of allylic oxidation sites excluding steroid dienone is 6. The van der Waals surface area contributed by atoms with E-state index in [2.05, 4.69) is 4.74 Å². The van der Waals surface area contributed by atoms with Gasteiger partial charge in [-0.15, -0.1) is 0 Å². The topological polar surface area (TPSA) is 66.8 Å². The third kappa shape index (κ3) is 5.16. The van der Waals surface area contributed by atoms with Crippen LogP contribution in [0.3, 0.4) is 0 Å². The van der Waals surface area contributed by atoms with Gasteiger partial charge in [0.15, 0.2) is 0 Å². The molecule has 1 rings (SSSR count). The van der Waals surface area contributed by atoms with E-state index >= 15 is 0 Å². The molecule has 4 nitrogen and oxygen atoms in total. The molecule has 2 atom stereocenters. The Kier molecular flexibility index (Phi) is 6.98. The highest BCUT2D eigenvalue weighted by Gasteiger charge is 2.56. The van der Waals surface area contributed by atoms with Gasteiger partial charge in [0.2, 0.25) is 0 Å². The first-order valence-electron chi connectivity index (χ1n) is 8.70. The van der Waals surface area contributed by atoms with E-state index in [-0.39, 0.29) is 5.97 Å². The minimum atomic E-state index is -1.28. The summed E-state index contributed by atoms with van der Waals surface area (Å²) >= 11 is 0. The van der Waals surface area contributed by atoms with Gasteiger partial charge in [-0.25, -0.2) is 4.79 Å². The maximum Gasteiger partial charge on any atom is 0.330 e. The highest BCUT2D eigenvalue weighted by Crippen LogP contribution is 2.50. The molecule has 140 valence electrons. The summed E-state index contributed by atoms with van der Waals surface area (Å²) in [7, 11) is 1.34. The summed E-state index contributed by atoms with van der Waals surface area (Å²) < 4.78 is 4.58. The summed E-state index contributed by atoms with van der Waals surface area (Å²) in [5.74, 6) is -0.383. The Balaban J connectivity index is 2.92. The fourth-order valence-corrected chi connectivity index (χ4v) is 3.34. The Labute approximate surface area is 151 Å². The lowest BCUT2D eigenvalue weighted by Crippen LogP contribution is -2.62. The monoisotopic (exact) mass is 348 g/mol. The Bertz CT molecular complexity index is 587. The second-order valence-electron chi connectivity index (χ2n) is 7.79.